The van der Waals surface area contributed by atoms with Gasteiger partial charge in [-0.25, -0.2) is 4.79 Å². The lowest BCUT2D eigenvalue weighted by Crippen LogP contribution is -2.37. The Bertz CT molecular complexity index is 541. The third-order valence-corrected chi connectivity index (χ3v) is 3.79. The van der Waals surface area contributed by atoms with Crippen molar-refractivity contribution >= 4 is 17.6 Å². The molecular formula is C14H18N2O3. The molecule has 0 aliphatic carbocycles. The second-order valence-electron chi connectivity index (χ2n) is 5.42. The van der Waals surface area contributed by atoms with Gasteiger partial charge in [-0.05, 0) is 32.4 Å². The van der Waals surface area contributed by atoms with Crippen molar-refractivity contribution in [1.29, 1.82) is 0 Å². The van der Waals surface area contributed by atoms with Gasteiger partial charge in [0.15, 0.2) is 0 Å². The zero-order valence-corrected chi connectivity index (χ0v) is 11.1. The molecule has 0 bridgehead atoms. The van der Waals surface area contributed by atoms with E-state index >= 15 is 0 Å². The van der Waals surface area contributed by atoms with Gasteiger partial charge in [-0.3, -0.25) is 4.79 Å². The molecule has 0 radical (unpaired) electrons. The summed E-state index contributed by atoms with van der Waals surface area (Å²) in [5, 5.41) is 9.27. The smallest absolute Gasteiger partial charge is 0.337 e. The molecule has 1 unspecified atom stereocenters. The Morgan fingerprint density at radius 2 is 2.11 bits per heavy atom. The highest BCUT2D eigenvalue weighted by molar-refractivity contribution is 5.95. The number of benzene rings is 1. The monoisotopic (exact) mass is 262 g/mol. The van der Waals surface area contributed by atoms with Crippen molar-refractivity contribution in [3.05, 3.63) is 29.3 Å². The summed E-state index contributed by atoms with van der Waals surface area (Å²) >= 11 is 0. The van der Waals surface area contributed by atoms with E-state index in [1.165, 1.54) is 0 Å². The molecule has 0 spiro atoms. The molecule has 1 atom stereocenters. The quantitative estimate of drug-likeness (QED) is 0.862. The van der Waals surface area contributed by atoms with E-state index in [0.717, 1.165) is 5.56 Å². The molecule has 5 nitrogen and oxygen atoms in total. The summed E-state index contributed by atoms with van der Waals surface area (Å²) in [6.07, 6.45) is 0.648. The zero-order valence-electron chi connectivity index (χ0n) is 11.1. The van der Waals surface area contributed by atoms with Crippen LogP contribution >= 0.6 is 0 Å². The lowest BCUT2D eigenvalue weighted by Gasteiger charge is -2.24. The number of hydrogen-bond donors (Lipinski definition) is 2. The van der Waals surface area contributed by atoms with E-state index in [4.69, 9.17) is 5.73 Å². The Balaban J connectivity index is 2.34. The van der Waals surface area contributed by atoms with Gasteiger partial charge in [-0.2, -0.15) is 0 Å². The normalized spacial score (nSPS) is 22.5. The number of primary amides is 1. The summed E-state index contributed by atoms with van der Waals surface area (Å²) in [6, 6.07) is 5.32. The highest BCUT2D eigenvalue weighted by atomic mass is 16.4. The Morgan fingerprint density at radius 3 is 2.63 bits per heavy atom. The maximum absolute atomic E-state index is 11.5. The number of nitrogens with zero attached hydrogens (tertiary/aromatic N) is 1. The fraction of sp³-hybridized carbons (Fsp3) is 0.429. The third kappa shape index (κ3) is 2.41. The average Bonchev–Trinajstić information content (AvgIpc) is 2.73. The second-order valence-corrected chi connectivity index (χ2v) is 5.42. The fourth-order valence-corrected chi connectivity index (χ4v) is 2.46. The molecule has 1 fully saturated rings. The summed E-state index contributed by atoms with van der Waals surface area (Å²) in [5.74, 6) is -1.29. The number of hydrogen-bond acceptors (Lipinski definition) is 3. The van der Waals surface area contributed by atoms with Gasteiger partial charge in [0.25, 0.3) is 0 Å². The van der Waals surface area contributed by atoms with Crippen LogP contribution in [0, 0.1) is 12.3 Å². The van der Waals surface area contributed by atoms with Gasteiger partial charge in [-0.1, -0.05) is 11.6 Å². The van der Waals surface area contributed by atoms with Crippen LogP contribution in [0.4, 0.5) is 5.69 Å². The number of amides is 1. The molecule has 1 heterocycles. The molecular weight excluding hydrogens is 244 g/mol. The average molecular weight is 262 g/mol. The molecule has 2 rings (SSSR count). The molecule has 1 aromatic rings. The summed E-state index contributed by atoms with van der Waals surface area (Å²) < 4.78 is 0. The van der Waals surface area contributed by atoms with Gasteiger partial charge in [0.2, 0.25) is 5.91 Å². The largest absolute Gasteiger partial charge is 0.478 e. The highest BCUT2D eigenvalue weighted by Gasteiger charge is 2.39. The number of nitrogens with two attached hydrogens (primary N) is 1. The van der Waals surface area contributed by atoms with E-state index in [0.29, 0.717) is 25.2 Å². The van der Waals surface area contributed by atoms with Crippen LogP contribution in [0.15, 0.2) is 18.2 Å². The van der Waals surface area contributed by atoms with Crippen LogP contribution in [0.2, 0.25) is 0 Å². The minimum Gasteiger partial charge on any atom is -0.478 e. The van der Waals surface area contributed by atoms with E-state index in [2.05, 4.69) is 0 Å². The maximum atomic E-state index is 11.5. The van der Waals surface area contributed by atoms with Gasteiger partial charge in [-0.15, -0.1) is 0 Å². The molecule has 19 heavy (non-hydrogen) atoms. The maximum Gasteiger partial charge on any atom is 0.337 e. The van der Waals surface area contributed by atoms with Gasteiger partial charge in [0, 0.05) is 13.1 Å². The summed E-state index contributed by atoms with van der Waals surface area (Å²) in [4.78, 5) is 24.7. The molecule has 1 aliphatic heterocycles. The van der Waals surface area contributed by atoms with Gasteiger partial charge < -0.3 is 15.7 Å². The van der Waals surface area contributed by atoms with Gasteiger partial charge in [0.1, 0.15) is 0 Å². The minimum atomic E-state index is -0.952. The predicted molar refractivity (Wildman–Crippen MR) is 72.3 cm³/mol. The standard InChI is InChI=1S/C14H18N2O3/c1-9-3-4-11(10(7-9)12(17)18)16-6-5-14(2,8-16)13(15)19/h3-4,7H,5-6,8H2,1-2H3,(H2,15,19)(H,17,18). The lowest BCUT2D eigenvalue weighted by atomic mass is 9.89. The minimum absolute atomic E-state index is 0.272. The summed E-state index contributed by atoms with van der Waals surface area (Å²) in [6.45, 7) is 4.78. The molecule has 1 aliphatic rings. The number of aromatic carboxylic acids is 1. The van der Waals surface area contributed by atoms with Gasteiger partial charge >= 0.3 is 5.97 Å². The number of aryl methyl sites for hydroxylation is 1. The zero-order chi connectivity index (χ0) is 14.2. The molecule has 1 saturated heterocycles. The van der Waals surface area contributed by atoms with Crippen molar-refractivity contribution < 1.29 is 14.7 Å². The summed E-state index contributed by atoms with van der Waals surface area (Å²) in [5.41, 5.74) is 6.66. The topological polar surface area (TPSA) is 83.6 Å². The predicted octanol–water partition coefficient (Wildman–Crippen LogP) is 1.39. The molecule has 0 saturated carbocycles. The first-order chi connectivity index (χ1) is 8.83. The van der Waals surface area contributed by atoms with Gasteiger partial charge in [0.05, 0.1) is 16.7 Å². The van der Waals surface area contributed by atoms with Crippen molar-refractivity contribution in [3.63, 3.8) is 0 Å². The molecule has 0 aromatic heterocycles. The number of carbonyl (C=O) groups is 2. The highest BCUT2D eigenvalue weighted by Crippen LogP contribution is 2.34. The van der Waals surface area contributed by atoms with Crippen molar-refractivity contribution in [3.8, 4) is 0 Å². The number of carbonyl (C=O) groups excluding carboxylic acids is 1. The first-order valence-electron chi connectivity index (χ1n) is 6.22. The van der Waals surface area contributed by atoms with Crippen LogP contribution in [0.25, 0.3) is 0 Å². The molecule has 102 valence electrons. The first-order valence-corrected chi connectivity index (χ1v) is 6.22. The molecule has 1 aromatic carbocycles. The van der Waals surface area contributed by atoms with Crippen LogP contribution in [-0.2, 0) is 4.79 Å². The number of anilines is 1. The van der Waals surface area contributed by atoms with Crippen LogP contribution in [0.3, 0.4) is 0 Å². The second kappa shape index (κ2) is 4.57. The number of rotatable bonds is 3. The van der Waals surface area contributed by atoms with Crippen LogP contribution in [-0.4, -0.2) is 30.1 Å². The lowest BCUT2D eigenvalue weighted by molar-refractivity contribution is -0.125. The molecule has 5 heteroatoms. The van der Waals surface area contributed by atoms with Crippen molar-refractivity contribution in [2.75, 3.05) is 18.0 Å². The Kier molecular flexibility index (Phi) is 3.22. The first kappa shape index (κ1) is 13.4. The van der Waals surface area contributed by atoms with E-state index < -0.39 is 11.4 Å². The van der Waals surface area contributed by atoms with E-state index in [1.807, 2.05) is 24.8 Å². The van der Waals surface area contributed by atoms with E-state index in [-0.39, 0.29) is 11.5 Å². The molecule has 1 amide bonds. The fourth-order valence-electron chi connectivity index (χ4n) is 2.46. The third-order valence-electron chi connectivity index (χ3n) is 3.79. The Hall–Kier alpha value is -2.04. The van der Waals surface area contributed by atoms with Crippen molar-refractivity contribution in [2.24, 2.45) is 11.1 Å². The Labute approximate surface area is 112 Å². The Morgan fingerprint density at radius 1 is 1.42 bits per heavy atom. The number of carboxylic acids is 1. The van der Waals surface area contributed by atoms with Crippen LogP contribution in [0.1, 0.15) is 29.3 Å². The van der Waals surface area contributed by atoms with Crippen LogP contribution < -0.4 is 10.6 Å². The molecule has 3 N–H and O–H groups in total. The van der Waals surface area contributed by atoms with Crippen LogP contribution in [0.5, 0.6) is 0 Å². The van der Waals surface area contributed by atoms with Crippen molar-refractivity contribution in [1.82, 2.24) is 0 Å². The SMILES string of the molecule is Cc1ccc(N2CCC(C)(C(N)=O)C2)c(C(=O)O)c1. The summed E-state index contributed by atoms with van der Waals surface area (Å²) in [7, 11) is 0. The van der Waals surface area contributed by atoms with E-state index in [1.54, 1.807) is 12.1 Å². The van der Waals surface area contributed by atoms with E-state index in [9.17, 15) is 14.7 Å². The van der Waals surface area contributed by atoms with Crippen molar-refractivity contribution in [2.45, 2.75) is 20.3 Å². The number of carboxylic acid groups (broad SMARTS) is 1.